The average Bonchev–Trinajstić information content (AvgIpc) is 2.94. The molecule has 4 nitrogen and oxygen atoms in total. The van der Waals surface area contributed by atoms with Gasteiger partial charge in [0.25, 0.3) is 0 Å². The van der Waals surface area contributed by atoms with Crippen LogP contribution in [0.3, 0.4) is 0 Å². The number of hydrogen-bond donors (Lipinski definition) is 1. The molecule has 1 aromatic carbocycles. The van der Waals surface area contributed by atoms with Crippen molar-refractivity contribution in [2.24, 2.45) is 0 Å². The van der Waals surface area contributed by atoms with Crippen LogP contribution in [0.25, 0.3) is 0 Å². The number of halogens is 1. The van der Waals surface area contributed by atoms with Gasteiger partial charge in [0, 0.05) is 43.3 Å². The third-order valence-corrected chi connectivity index (χ3v) is 5.36. The maximum Gasteiger partial charge on any atom is 0.238 e. The van der Waals surface area contributed by atoms with Crippen LogP contribution in [0, 0.1) is 6.92 Å². The lowest BCUT2D eigenvalue weighted by Crippen LogP contribution is -2.48. The highest BCUT2D eigenvalue weighted by molar-refractivity contribution is 7.16. The van der Waals surface area contributed by atoms with Crippen LogP contribution in [0.15, 0.2) is 36.4 Å². The molecular weight excluding hydrogens is 342 g/mol. The predicted octanol–water partition coefficient (Wildman–Crippen LogP) is 3.47. The highest BCUT2D eigenvalue weighted by Gasteiger charge is 2.19. The Bertz CT molecular complexity index is 695. The van der Waals surface area contributed by atoms with Crippen LogP contribution in [0.1, 0.15) is 10.4 Å². The Morgan fingerprint density at radius 3 is 2.58 bits per heavy atom. The van der Waals surface area contributed by atoms with Gasteiger partial charge >= 0.3 is 0 Å². The summed E-state index contributed by atoms with van der Waals surface area (Å²) in [6.45, 7) is 7.21. The lowest BCUT2D eigenvalue weighted by Gasteiger charge is -2.34. The van der Waals surface area contributed by atoms with E-state index >= 15 is 0 Å². The lowest BCUT2D eigenvalue weighted by molar-refractivity contribution is -0.117. The monoisotopic (exact) mass is 363 g/mol. The number of nitrogens with zero attached hydrogens (tertiary/aromatic N) is 2. The molecule has 1 amide bonds. The number of carbonyl (C=O) groups excluding carboxylic acids is 1. The highest BCUT2D eigenvalue weighted by Crippen LogP contribution is 2.23. The zero-order chi connectivity index (χ0) is 16.9. The number of rotatable bonds is 5. The van der Waals surface area contributed by atoms with Gasteiger partial charge in [0.2, 0.25) is 5.91 Å². The summed E-state index contributed by atoms with van der Waals surface area (Å²) in [6.07, 6.45) is 0. The fourth-order valence-corrected chi connectivity index (χ4v) is 4.02. The Kier molecular flexibility index (Phi) is 5.89. The van der Waals surface area contributed by atoms with Gasteiger partial charge in [0.1, 0.15) is 0 Å². The summed E-state index contributed by atoms with van der Waals surface area (Å²) in [6, 6.07) is 11.9. The lowest BCUT2D eigenvalue weighted by atomic mass is 10.2. The second-order valence-electron chi connectivity index (χ2n) is 6.18. The molecule has 6 heteroatoms. The zero-order valence-corrected chi connectivity index (χ0v) is 15.4. The first kappa shape index (κ1) is 17.4. The minimum absolute atomic E-state index is 0.0547. The van der Waals surface area contributed by atoms with Crippen molar-refractivity contribution >= 4 is 34.5 Å². The fourth-order valence-electron chi connectivity index (χ4n) is 2.89. The van der Waals surface area contributed by atoms with Crippen LogP contribution in [0.2, 0.25) is 4.34 Å². The molecular formula is C18H22ClN3OS. The van der Waals surface area contributed by atoms with Gasteiger partial charge in [-0.2, -0.15) is 0 Å². The highest BCUT2D eigenvalue weighted by atomic mass is 35.5. The Hall–Kier alpha value is -1.40. The van der Waals surface area contributed by atoms with Gasteiger partial charge in [-0.1, -0.05) is 23.7 Å². The van der Waals surface area contributed by atoms with Gasteiger partial charge in [-0.3, -0.25) is 14.6 Å². The molecule has 3 rings (SSSR count). The number of piperazine rings is 1. The molecule has 1 aromatic heterocycles. The van der Waals surface area contributed by atoms with E-state index < -0.39 is 0 Å². The first-order valence-corrected chi connectivity index (χ1v) is 9.33. The molecule has 0 spiro atoms. The average molecular weight is 364 g/mol. The third-order valence-electron chi connectivity index (χ3n) is 4.14. The number of hydrogen-bond acceptors (Lipinski definition) is 4. The van der Waals surface area contributed by atoms with E-state index in [2.05, 4.69) is 21.2 Å². The number of thiophene rings is 1. The van der Waals surface area contributed by atoms with Crippen molar-refractivity contribution in [3.63, 3.8) is 0 Å². The summed E-state index contributed by atoms with van der Waals surface area (Å²) < 4.78 is 0.844. The molecule has 0 saturated carbocycles. The molecule has 1 aliphatic rings. The molecule has 1 N–H and O–H groups in total. The number of aryl methyl sites for hydroxylation is 1. The topological polar surface area (TPSA) is 35.6 Å². The standard InChI is InChI=1S/C18H22ClN3OS/c1-14-3-2-4-15(11-14)20-18(23)13-22-9-7-21(8-10-22)12-16-5-6-17(19)24-16/h2-6,11H,7-10,12-13H2,1H3,(H,20,23). The van der Waals surface area contributed by atoms with Crippen LogP contribution >= 0.6 is 22.9 Å². The van der Waals surface area contributed by atoms with Crippen molar-refractivity contribution in [1.29, 1.82) is 0 Å². The number of anilines is 1. The quantitative estimate of drug-likeness (QED) is 0.883. The van der Waals surface area contributed by atoms with E-state index in [0.717, 1.165) is 48.3 Å². The van der Waals surface area contributed by atoms with Gasteiger partial charge in [0.15, 0.2) is 0 Å². The van der Waals surface area contributed by atoms with Gasteiger partial charge in [0.05, 0.1) is 10.9 Å². The maximum absolute atomic E-state index is 12.2. The van der Waals surface area contributed by atoms with Crippen LogP contribution in [0.4, 0.5) is 5.69 Å². The first-order chi connectivity index (χ1) is 11.6. The summed E-state index contributed by atoms with van der Waals surface area (Å²) in [5.41, 5.74) is 2.02. The summed E-state index contributed by atoms with van der Waals surface area (Å²) >= 11 is 7.62. The molecule has 0 radical (unpaired) electrons. The van der Waals surface area contributed by atoms with E-state index in [1.807, 2.05) is 37.3 Å². The van der Waals surface area contributed by atoms with E-state index in [0.29, 0.717) is 6.54 Å². The van der Waals surface area contributed by atoms with Crippen molar-refractivity contribution < 1.29 is 4.79 Å². The maximum atomic E-state index is 12.2. The molecule has 2 heterocycles. The number of benzene rings is 1. The van der Waals surface area contributed by atoms with E-state index in [9.17, 15) is 4.79 Å². The minimum atomic E-state index is 0.0547. The van der Waals surface area contributed by atoms with E-state index in [1.54, 1.807) is 11.3 Å². The SMILES string of the molecule is Cc1cccc(NC(=O)CN2CCN(Cc3ccc(Cl)s3)CC2)c1. The third kappa shape index (κ3) is 5.05. The van der Waals surface area contributed by atoms with Crippen molar-refractivity contribution in [3.05, 3.63) is 51.2 Å². The molecule has 2 aromatic rings. The van der Waals surface area contributed by atoms with Crippen molar-refractivity contribution in [1.82, 2.24) is 9.80 Å². The van der Waals surface area contributed by atoms with Crippen LogP contribution in [-0.4, -0.2) is 48.4 Å². The second-order valence-corrected chi connectivity index (χ2v) is 7.98. The van der Waals surface area contributed by atoms with Crippen molar-refractivity contribution in [3.8, 4) is 0 Å². The van der Waals surface area contributed by atoms with Crippen molar-refractivity contribution in [2.45, 2.75) is 13.5 Å². The van der Waals surface area contributed by atoms with Gasteiger partial charge < -0.3 is 5.32 Å². The van der Waals surface area contributed by atoms with Crippen molar-refractivity contribution in [2.75, 3.05) is 38.0 Å². The second kappa shape index (κ2) is 8.12. The Balaban J connectivity index is 1.42. The number of carbonyl (C=O) groups is 1. The predicted molar refractivity (Wildman–Crippen MR) is 101 cm³/mol. The summed E-state index contributed by atoms with van der Waals surface area (Å²) in [7, 11) is 0. The van der Waals surface area contributed by atoms with Gasteiger partial charge in [-0.05, 0) is 36.8 Å². The van der Waals surface area contributed by atoms with Crippen LogP contribution < -0.4 is 5.32 Å². The molecule has 1 fully saturated rings. The van der Waals surface area contributed by atoms with Crippen LogP contribution in [-0.2, 0) is 11.3 Å². The fraction of sp³-hybridized carbons (Fsp3) is 0.389. The zero-order valence-electron chi connectivity index (χ0n) is 13.8. The largest absolute Gasteiger partial charge is 0.325 e. The summed E-state index contributed by atoms with van der Waals surface area (Å²) in [5, 5.41) is 2.98. The van der Waals surface area contributed by atoms with E-state index in [-0.39, 0.29) is 5.91 Å². The number of nitrogens with one attached hydrogen (secondary N) is 1. The molecule has 1 aliphatic heterocycles. The molecule has 1 saturated heterocycles. The normalized spacial score (nSPS) is 16.2. The van der Waals surface area contributed by atoms with Gasteiger partial charge in [-0.25, -0.2) is 0 Å². The van der Waals surface area contributed by atoms with Gasteiger partial charge in [-0.15, -0.1) is 11.3 Å². The summed E-state index contributed by atoms with van der Waals surface area (Å²) in [5.74, 6) is 0.0547. The molecule has 0 bridgehead atoms. The molecule has 128 valence electrons. The number of amides is 1. The first-order valence-electron chi connectivity index (χ1n) is 8.14. The Morgan fingerprint density at radius 1 is 1.17 bits per heavy atom. The Morgan fingerprint density at radius 2 is 1.92 bits per heavy atom. The Labute approximate surface area is 152 Å². The van der Waals surface area contributed by atoms with Crippen LogP contribution in [0.5, 0.6) is 0 Å². The molecule has 24 heavy (non-hydrogen) atoms. The minimum Gasteiger partial charge on any atom is -0.325 e. The van der Waals surface area contributed by atoms with E-state index in [4.69, 9.17) is 11.6 Å². The summed E-state index contributed by atoms with van der Waals surface area (Å²) in [4.78, 5) is 18.1. The molecule has 0 atom stereocenters. The van der Waals surface area contributed by atoms with E-state index in [1.165, 1.54) is 4.88 Å². The smallest absolute Gasteiger partial charge is 0.238 e. The molecule has 0 aliphatic carbocycles. The molecule has 0 unspecified atom stereocenters.